The molecule has 1 atom stereocenters. The van der Waals surface area contributed by atoms with Gasteiger partial charge < -0.3 is 4.79 Å². The molecular weight excluding hydrogens is 157 g/mol. The molecule has 0 N–H and O–H groups in total. The van der Waals surface area contributed by atoms with Crippen molar-refractivity contribution in [3.05, 3.63) is 0 Å². The minimum Gasteiger partial charge on any atom is -0.303 e. The van der Waals surface area contributed by atoms with Crippen LogP contribution in [0.4, 0.5) is 0 Å². The van der Waals surface area contributed by atoms with E-state index in [1.165, 1.54) is 0 Å². The molecule has 64 valence electrons. The Kier molecular flexibility index (Phi) is 4.03. The molecule has 0 saturated carbocycles. The summed E-state index contributed by atoms with van der Waals surface area (Å²) in [5, 5.41) is 0. The SMILES string of the molecule is O=CC1CCCN(P)CCC1. The van der Waals surface area contributed by atoms with Crippen molar-refractivity contribution in [3.8, 4) is 0 Å². The Bertz CT molecular complexity index is 119. The van der Waals surface area contributed by atoms with Gasteiger partial charge in [0.15, 0.2) is 0 Å². The summed E-state index contributed by atoms with van der Waals surface area (Å²) in [6.45, 7) is 2.24. The van der Waals surface area contributed by atoms with Crippen molar-refractivity contribution in [1.82, 2.24) is 4.67 Å². The summed E-state index contributed by atoms with van der Waals surface area (Å²) in [4.78, 5) is 10.5. The van der Waals surface area contributed by atoms with Crippen molar-refractivity contribution < 1.29 is 4.79 Å². The zero-order chi connectivity index (χ0) is 8.10. The Morgan fingerprint density at radius 1 is 1.27 bits per heavy atom. The molecule has 1 fully saturated rings. The highest BCUT2D eigenvalue weighted by atomic mass is 31.0. The van der Waals surface area contributed by atoms with Crippen LogP contribution in [0.15, 0.2) is 0 Å². The third kappa shape index (κ3) is 3.31. The second-order valence-electron chi connectivity index (χ2n) is 3.22. The van der Waals surface area contributed by atoms with E-state index in [2.05, 4.69) is 14.1 Å². The fraction of sp³-hybridized carbons (Fsp3) is 0.875. The van der Waals surface area contributed by atoms with Crippen LogP contribution in [0.25, 0.3) is 0 Å². The minimum absolute atomic E-state index is 0.341. The van der Waals surface area contributed by atoms with Crippen molar-refractivity contribution in [2.45, 2.75) is 25.7 Å². The Morgan fingerprint density at radius 3 is 2.27 bits per heavy atom. The molecule has 1 rings (SSSR count). The number of aldehydes is 1. The van der Waals surface area contributed by atoms with E-state index in [1.54, 1.807) is 0 Å². The van der Waals surface area contributed by atoms with Crippen molar-refractivity contribution in [1.29, 1.82) is 0 Å². The van der Waals surface area contributed by atoms with Crippen LogP contribution in [-0.4, -0.2) is 24.0 Å². The summed E-state index contributed by atoms with van der Waals surface area (Å²) < 4.78 is 2.26. The lowest BCUT2D eigenvalue weighted by Crippen LogP contribution is -2.20. The zero-order valence-corrected chi connectivity index (χ0v) is 7.98. The molecule has 0 aromatic carbocycles. The first-order valence-corrected chi connectivity index (χ1v) is 4.79. The van der Waals surface area contributed by atoms with Crippen LogP contribution in [-0.2, 0) is 4.79 Å². The van der Waals surface area contributed by atoms with Gasteiger partial charge in [-0.25, -0.2) is 0 Å². The van der Waals surface area contributed by atoms with Gasteiger partial charge >= 0.3 is 0 Å². The molecule has 0 amide bonds. The molecule has 0 radical (unpaired) electrons. The molecule has 1 aliphatic rings. The van der Waals surface area contributed by atoms with Crippen molar-refractivity contribution in [3.63, 3.8) is 0 Å². The lowest BCUT2D eigenvalue weighted by atomic mass is 9.98. The zero-order valence-electron chi connectivity index (χ0n) is 6.83. The largest absolute Gasteiger partial charge is 0.303 e. The predicted octanol–water partition coefficient (Wildman–Crippen LogP) is 1.47. The highest BCUT2D eigenvalue weighted by Crippen LogP contribution is 2.17. The molecule has 1 aliphatic heterocycles. The Labute approximate surface area is 70.6 Å². The van der Waals surface area contributed by atoms with E-state index in [1.807, 2.05) is 0 Å². The molecule has 0 spiro atoms. The maximum atomic E-state index is 10.5. The third-order valence-electron chi connectivity index (χ3n) is 2.23. The number of nitrogens with zero attached hydrogens (tertiary/aromatic N) is 1. The van der Waals surface area contributed by atoms with Crippen LogP contribution in [0.1, 0.15) is 25.7 Å². The van der Waals surface area contributed by atoms with E-state index in [-0.39, 0.29) is 0 Å². The maximum Gasteiger partial charge on any atom is 0.123 e. The molecular formula is C8H16NOP. The van der Waals surface area contributed by atoms with E-state index >= 15 is 0 Å². The highest BCUT2D eigenvalue weighted by molar-refractivity contribution is 7.13. The lowest BCUT2D eigenvalue weighted by molar-refractivity contribution is -0.111. The van der Waals surface area contributed by atoms with Crippen molar-refractivity contribution in [2.24, 2.45) is 5.92 Å². The van der Waals surface area contributed by atoms with Gasteiger partial charge in [-0.05, 0) is 25.7 Å². The first kappa shape index (κ1) is 9.15. The highest BCUT2D eigenvalue weighted by Gasteiger charge is 2.11. The van der Waals surface area contributed by atoms with Crippen LogP contribution in [0.3, 0.4) is 0 Å². The topological polar surface area (TPSA) is 20.3 Å². The fourth-order valence-electron chi connectivity index (χ4n) is 1.51. The summed E-state index contributed by atoms with van der Waals surface area (Å²) in [7, 11) is 2.73. The fourth-order valence-corrected chi connectivity index (χ4v) is 1.87. The lowest BCUT2D eigenvalue weighted by Gasteiger charge is -2.21. The summed E-state index contributed by atoms with van der Waals surface area (Å²) >= 11 is 0. The molecule has 2 nitrogen and oxygen atoms in total. The normalized spacial score (nSPS) is 24.1. The summed E-state index contributed by atoms with van der Waals surface area (Å²) in [6, 6.07) is 0. The third-order valence-corrected chi connectivity index (χ3v) is 2.75. The van der Waals surface area contributed by atoms with Gasteiger partial charge in [0.25, 0.3) is 0 Å². The molecule has 0 aromatic heterocycles. The minimum atomic E-state index is 0.341. The number of hydrogen-bond acceptors (Lipinski definition) is 2. The van der Waals surface area contributed by atoms with E-state index in [9.17, 15) is 4.79 Å². The van der Waals surface area contributed by atoms with Crippen LogP contribution in [0, 0.1) is 5.92 Å². The first-order valence-electron chi connectivity index (χ1n) is 4.28. The molecule has 0 aromatic rings. The van der Waals surface area contributed by atoms with E-state index in [4.69, 9.17) is 0 Å². The van der Waals surface area contributed by atoms with Crippen LogP contribution in [0.5, 0.6) is 0 Å². The average molecular weight is 173 g/mol. The standard InChI is InChI=1S/C8H16NOP/c10-7-8-3-1-5-9(11)6-2-4-8/h7-8H,1-6,11H2. The van der Waals surface area contributed by atoms with Crippen LogP contribution in [0.2, 0.25) is 0 Å². The predicted molar refractivity (Wildman–Crippen MR) is 49.3 cm³/mol. The van der Waals surface area contributed by atoms with Gasteiger partial charge in [0.1, 0.15) is 6.29 Å². The molecule has 1 saturated heterocycles. The smallest absolute Gasteiger partial charge is 0.123 e. The van der Waals surface area contributed by atoms with Gasteiger partial charge in [0.05, 0.1) is 0 Å². The summed E-state index contributed by atoms with van der Waals surface area (Å²) in [6.07, 6.45) is 5.60. The van der Waals surface area contributed by atoms with Gasteiger partial charge in [-0.3, -0.25) is 4.67 Å². The Balaban J connectivity index is 2.28. The van der Waals surface area contributed by atoms with Crippen molar-refractivity contribution in [2.75, 3.05) is 13.1 Å². The number of hydrogen-bond donors (Lipinski definition) is 0. The monoisotopic (exact) mass is 173 g/mol. The van der Waals surface area contributed by atoms with Gasteiger partial charge in [-0.15, -0.1) is 0 Å². The summed E-state index contributed by atoms with van der Waals surface area (Å²) in [5.41, 5.74) is 0. The average Bonchev–Trinajstić information content (AvgIpc) is 1.96. The van der Waals surface area contributed by atoms with Gasteiger partial charge in [0.2, 0.25) is 0 Å². The van der Waals surface area contributed by atoms with E-state index < -0.39 is 0 Å². The molecule has 3 heteroatoms. The second kappa shape index (κ2) is 4.84. The van der Waals surface area contributed by atoms with Gasteiger partial charge in [-0.2, -0.15) is 0 Å². The molecule has 0 aliphatic carbocycles. The Hall–Kier alpha value is 0.0600. The molecule has 11 heavy (non-hydrogen) atoms. The Morgan fingerprint density at radius 2 is 1.82 bits per heavy atom. The molecule has 0 bridgehead atoms. The van der Waals surface area contributed by atoms with Crippen LogP contribution < -0.4 is 0 Å². The number of rotatable bonds is 1. The van der Waals surface area contributed by atoms with E-state index in [0.29, 0.717) is 5.92 Å². The number of carbonyl (C=O) groups excluding carboxylic acids is 1. The first-order chi connectivity index (χ1) is 5.33. The maximum absolute atomic E-state index is 10.5. The van der Waals surface area contributed by atoms with Crippen LogP contribution >= 0.6 is 9.39 Å². The number of carbonyl (C=O) groups is 1. The quantitative estimate of drug-likeness (QED) is 0.442. The molecule has 1 unspecified atom stereocenters. The van der Waals surface area contributed by atoms with Gasteiger partial charge in [0, 0.05) is 19.0 Å². The molecule has 1 heterocycles. The summed E-state index contributed by atoms with van der Waals surface area (Å²) in [5.74, 6) is 0.341. The van der Waals surface area contributed by atoms with Crippen molar-refractivity contribution >= 4 is 15.7 Å². The van der Waals surface area contributed by atoms with Gasteiger partial charge in [-0.1, -0.05) is 9.39 Å². The van der Waals surface area contributed by atoms with E-state index in [0.717, 1.165) is 45.1 Å². The second-order valence-corrected chi connectivity index (χ2v) is 3.95.